The van der Waals surface area contributed by atoms with E-state index in [-0.39, 0.29) is 68.2 Å². The van der Waals surface area contributed by atoms with Gasteiger partial charge < -0.3 is 31.9 Å². The summed E-state index contributed by atoms with van der Waals surface area (Å²) < 4.78 is 39.3. The van der Waals surface area contributed by atoms with Crippen molar-refractivity contribution in [1.82, 2.24) is 15.3 Å². The molecule has 1 aromatic carbocycles. The maximum absolute atomic E-state index is 13.1. The van der Waals surface area contributed by atoms with Gasteiger partial charge in [-0.15, -0.1) is 12.4 Å². The normalized spacial score (nSPS) is 10.7. The predicted molar refractivity (Wildman–Crippen MR) is 119 cm³/mol. The number of carbonyl (C=O) groups is 1. The lowest BCUT2D eigenvalue weighted by Gasteiger charge is -2.13. The van der Waals surface area contributed by atoms with E-state index in [2.05, 4.69) is 25.8 Å². The molecule has 1 aromatic heterocycles. The lowest BCUT2D eigenvalue weighted by atomic mass is 10.0. The lowest BCUT2D eigenvalue weighted by Crippen LogP contribution is -2.30. The summed E-state index contributed by atoms with van der Waals surface area (Å²) in [6.07, 6.45) is -4.57. The zero-order valence-corrected chi connectivity index (χ0v) is 18.5. The molecule has 182 valence electrons. The van der Waals surface area contributed by atoms with Crippen molar-refractivity contribution in [2.24, 2.45) is 16.6 Å². The molecule has 0 saturated heterocycles. The molecule has 7 N–H and O–H groups in total. The van der Waals surface area contributed by atoms with Crippen molar-refractivity contribution in [2.45, 2.75) is 25.9 Å². The van der Waals surface area contributed by atoms with Crippen molar-refractivity contribution in [1.29, 1.82) is 0 Å². The van der Waals surface area contributed by atoms with Crippen molar-refractivity contribution in [3.05, 3.63) is 57.1 Å². The Morgan fingerprint density at radius 1 is 1.24 bits per heavy atom. The Kier molecular flexibility index (Phi) is 10.5. The third kappa shape index (κ3) is 8.88. The first kappa shape index (κ1) is 27.6. The second-order valence-electron chi connectivity index (χ2n) is 6.69. The molecule has 1 amide bonds. The number of nitrogens with two attached hydrogens (primary N) is 2. The van der Waals surface area contributed by atoms with Gasteiger partial charge in [0.05, 0.1) is 24.2 Å². The molecule has 0 aliphatic rings. The number of hydrogen-bond acceptors (Lipinski definition) is 6. The van der Waals surface area contributed by atoms with Crippen LogP contribution in [-0.4, -0.2) is 41.5 Å². The van der Waals surface area contributed by atoms with Gasteiger partial charge in [-0.2, -0.15) is 13.2 Å². The van der Waals surface area contributed by atoms with E-state index in [9.17, 15) is 22.8 Å². The highest BCUT2D eigenvalue weighted by atomic mass is 35.5. The van der Waals surface area contributed by atoms with Gasteiger partial charge in [-0.05, 0) is 30.1 Å². The molecule has 2 aromatic rings. The first-order chi connectivity index (χ1) is 15.1. The van der Waals surface area contributed by atoms with Crippen LogP contribution in [-0.2, 0) is 28.7 Å². The Morgan fingerprint density at radius 3 is 2.61 bits per heavy atom. The molecule has 0 unspecified atom stereocenters. The van der Waals surface area contributed by atoms with Crippen molar-refractivity contribution in [3.63, 3.8) is 0 Å². The summed E-state index contributed by atoms with van der Waals surface area (Å²) in [5, 5.41) is 8.62. The standard InChI is InChI=1S/C19H24F3N7O3.ClH/c1-11-14(10-15(30)25-8-9-32-29-18(23)24)28-16(17(31)27-11)26-7-6-12-4-2-3-5-13(12)19(20,21)22;/h2-5H,6-10H2,1H3,(H,25,30)(H,26,28)(H,27,31)(H4,23,24,29);1H. The Balaban J connectivity index is 0.00000544. The fourth-order valence-electron chi connectivity index (χ4n) is 2.76. The van der Waals surface area contributed by atoms with Gasteiger partial charge in [0, 0.05) is 12.2 Å². The van der Waals surface area contributed by atoms with Crippen LogP contribution >= 0.6 is 12.4 Å². The molecule has 0 spiro atoms. The smallest absolute Gasteiger partial charge is 0.391 e. The fourth-order valence-corrected chi connectivity index (χ4v) is 2.76. The first-order valence-electron chi connectivity index (χ1n) is 9.54. The molecular weight excluding hydrogens is 467 g/mol. The molecule has 14 heteroatoms. The topological polar surface area (TPSA) is 161 Å². The van der Waals surface area contributed by atoms with Gasteiger partial charge in [-0.25, -0.2) is 4.98 Å². The highest BCUT2D eigenvalue weighted by Crippen LogP contribution is 2.31. The number of guanidine groups is 1. The monoisotopic (exact) mass is 491 g/mol. The number of halogens is 4. The Bertz CT molecular complexity index is 1020. The summed E-state index contributed by atoms with van der Waals surface area (Å²) in [4.78, 5) is 35.7. The number of hydrogen-bond donors (Lipinski definition) is 5. The lowest BCUT2D eigenvalue weighted by molar-refractivity contribution is -0.138. The Hall–Kier alpha value is -3.48. The molecule has 0 radical (unpaired) electrons. The number of carbonyl (C=O) groups excluding carboxylic acids is 1. The van der Waals surface area contributed by atoms with Gasteiger partial charge in [-0.3, -0.25) is 9.59 Å². The summed E-state index contributed by atoms with van der Waals surface area (Å²) in [5.41, 5.74) is 9.73. The minimum atomic E-state index is -4.47. The highest BCUT2D eigenvalue weighted by Gasteiger charge is 2.32. The third-order valence-corrected chi connectivity index (χ3v) is 4.22. The minimum Gasteiger partial charge on any atom is -0.391 e. The maximum atomic E-state index is 13.1. The summed E-state index contributed by atoms with van der Waals surface area (Å²) in [5.74, 6) is -0.712. The fraction of sp³-hybridized carbons (Fsp3) is 0.368. The number of aromatic amines is 1. The molecular formula is C19H25ClF3N7O3. The predicted octanol–water partition coefficient (Wildman–Crippen LogP) is 1.04. The zero-order valence-electron chi connectivity index (χ0n) is 17.7. The van der Waals surface area contributed by atoms with Crippen LogP contribution in [0, 0.1) is 6.92 Å². The van der Waals surface area contributed by atoms with E-state index in [1.165, 1.54) is 18.2 Å². The third-order valence-electron chi connectivity index (χ3n) is 4.22. The van der Waals surface area contributed by atoms with Crippen molar-refractivity contribution in [2.75, 3.05) is 25.0 Å². The van der Waals surface area contributed by atoms with Crippen LogP contribution in [0.5, 0.6) is 0 Å². The van der Waals surface area contributed by atoms with E-state index in [1.807, 2.05) is 0 Å². The van der Waals surface area contributed by atoms with Gasteiger partial charge in [0.15, 0.2) is 5.82 Å². The number of anilines is 1. The van der Waals surface area contributed by atoms with Crippen LogP contribution in [0.4, 0.5) is 19.0 Å². The summed E-state index contributed by atoms with van der Waals surface area (Å²) in [7, 11) is 0. The molecule has 0 aliphatic carbocycles. The molecule has 1 heterocycles. The number of H-pyrrole nitrogens is 1. The number of aromatic nitrogens is 2. The van der Waals surface area contributed by atoms with Crippen LogP contribution in [0.1, 0.15) is 22.5 Å². The average molecular weight is 492 g/mol. The second-order valence-corrected chi connectivity index (χ2v) is 6.69. The van der Waals surface area contributed by atoms with E-state index in [1.54, 1.807) is 6.92 Å². The highest BCUT2D eigenvalue weighted by molar-refractivity contribution is 5.85. The molecule has 0 saturated carbocycles. The molecule has 33 heavy (non-hydrogen) atoms. The number of benzene rings is 1. The maximum Gasteiger partial charge on any atom is 0.416 e. The van der Waals surface area contributed by atoms with E-state index in [4.69, 9.17) is 16.3 Å². The Morgan fingerprint density at radius 2 is 1.94 bits per heavy atom. The summed E-state index contributed by atoms with van der Waals surface area (Å²) in [6.45, 7) is 1.82. The van der Waals surface area contributed by atoms with E-state index >= 15 is 0 Å². The average Bonchev–Trinajstić information content (AvgIpc) is 2.70. The molecule has 0 aliphatic heterocycles. The number of rotatable bonds is 10. The molecule has 2 rings (SSSR count). The number of aryl methyl sites for hydroxylation is 1. The molecule has 0 atom stereocenters. The number of nitrogens with one attached hydrogen (secondary N) is 3. The SMILES string of the molecule is Cc1[nH]c(=O)c(NCCc2ccccc2C(F)(F)F)nc1CC(=O)NCCON=C(N)N.Cl. The number of oxime groups is 1. The minimum absolute atomic E-state index is 0. The Labute approximate surface area is 193 Å². The largest absolute Gasteiger partial charge is 0.416 e. The van der Waals surface area contributed by atoms with Gasteiger partial charge in [-0.1, -0.05) is 18.2 Å². The van der Waals surface area contributed by atoms with Crippen LogP contribution in [0.3, 0.4) is 0 Å². The van der Waals surface area contributed by atoms with Gasteiger partial charge in [0.2, 0.25) is 11.9 Å². The number of alkyl halides is 3. The summed E-state index contributed by atoms with van der Waals surface area (Å²) in [6, 6.07) is 5.21. The molecule has 10 nitrogen and oxygen atoms in total. The van der Waals surface area contributed by atoms with Gasteiger partial charge >= 0.3 is 6.18 Å². The molecule has 0 fully saturated rings. The van der Waals surface area contributed by atoms with Crippen molar-refractivity contribution >= 4 is 30.1 Å². The first-order valence-corrected chi connectivity index (χ1v) is 9.54. The second kappa shape index (κ2) is 12.5. The van der Waals surface area contributed by atoms with E-state index in [0.717, 1.165) is 6.07 Å². The number of amides is 1. The van der Waals surface area contributed by atoms with Gasteiger partial charge in [0.25, 0.3) is 5.56 Å². The summed E-state index contributed by atoms with van der Waals surface area (Å²) >= 11 is 0. The zero-order chi connectivity index (χ0) is 23.7. The van der Waals surface area contributed by atoms with Gasteiger partial charge in [0.1, 0.15) is 6.61 Å². The number of nitrogens with zero attached hydrogens (tertiary/aromatic N) is 2. The van der Waals surface area contributed by atoms with E-state index < -0.39 is 17.3 Å². The van der Waals surface area contributed by atoms with Crippen LogP contribution in [0.15, 0.2) is 34.2 Å². The van der Waals surface area contributed by atoms with Crippen molar-refractivity contribution in [3.8, 4) is 0 Å². The molecule has 0 bridgehead atoms. The van der Waals surface area contributed by atoms with Crippen LogP contribution in [0.25, 0.3) is 0 Å². The van der Waals surface area contributed by atoms with E-state index in [0.29, 0.717) is 11.4 Å². The quantitative estimate of drug-likeness (QED) is 0.143. The van der Waals surface area contributed by atoms with Crippen molar-refractivity contribution < 1.29 is 22.8 Å². The van der Waals surface area contributed by atoms with Crippen LogP contribution in [0.2, 0.25) is 0 Å². The van der Waals surface area contributed by atoms with Crippen LogP contribution < -0.4 is 27.7 Å².